The fraction of sp³-hybridized carbons (Fsp3) is 0.188. The van der Waals surface area contributed by atoms with Crippen LogP contribution in [0.4, 0.5) is 0 Å². The first-order valence-electron chi connectivity index (χ1n) is 6.84. The summed E-state index contributed by atoms with van der Waals surface area (Å²) in [4.78, 5) is 10.6. The van der Waals surface area contributed by atoms with Gasteiger partial charge >= 0.3 is 5.97 Å². The van der Waals surface area contributed by atoms with Crippen LogP contribution >= 0.6 is 0 Å². The highest BCUT2D eigenvalue weighted by atomic mass is 32.2. The summed E-state index contributed by atoms with van der Waals surface area (Å²) >= 11 is 0. The van der Waals surface area contributed by atoms with E-state index in [0.29, 0.717) is 5.75 Å². The van der Waals surface area contributed by atoms with Gasteiger partial charge in [-0.25, -0.2) is 13.2 Å². The SMILES string of the molecule is CN(Cc1ccccc1)S(=O)(=O)c1ccc(OCC(=O)O)cc1. The van der Waals surface area contributed by atoms with Gasteiger partial charge in [-0.3, -0.25) is 0 Å². The molecule has 0 saturated heterocycles. The molecule has 0 atom stereocenters. The molecule has 0 bridgehead atoms. The Morgan fingerprint density at radius 3 is 2.26 bits per heavy atom. The van der Waals surface area contributed by atoms with Crippen molar-refractivity contribution >= 4 is 16.0 Å². The van der Waals surface area contributed by atoms with E-state index >= 15 is 0 Å². The number of hydrogen-bond donors (Lipinski definition) is 1. The van der Waals surface area contributed by atoms with E-state index in [-0.39, 0.29) is 11.4 Å². The largest absolute Gasteiger partial charge is 0.482 e. The molecule has 0 aliphatic heterocycles. The summed E-state index contributed by atoms with van der Waals surface area (Å²) in [6.45, 7) is -0.208. The fourth-order valence-corrected chi connectivity index (χ4v) is 3.12. The molecule has 0 radical (unpaired) electrons. The van der Waals surface area contributed by atoms with Crippen LogP contribution in [0.5, 0.6) is 5.75 Å². The number of carboxylic acid groups (broad SMARTS) is 1. The van der Waals surface area contributed by atoms with Gasteiger partial charge in [-0.05, 0) is 29.8 Å². The summed E-state index contributed by atoms with van der Waals surface area (Å²) in [6.07, 6.45) is 0. The summed E-state index contributed by atoms with van der Waals surface area (Å²) in [7, 11) is -2.11. The van der Waals surface area contributed by atoms with Crippen LogP contribution in [-0.2, 0) is 21.4 Å². The van der Waals surface area contributed by atoms with Crippen molar-refractivity contribution < 1.29 is 23.1 Å². The van der Waals surface area contributed by atoms with Gasteiger partial charge in [0.15, 0.2) is 6.61 Å². The zero-order valence-electron chi connectivity index (χ0n) is 12.5. The summed E-state index contributed by atoms with van der Waals surface area (Å²) in [5.41, 5.74) is 0.889. The molecule has 0 amide bonds. The van der Waals surface area contributed by atoms with E-state index in [1.165, 1.54) is 35.6 Å². The number of ether oxygens (including phenoxy) is 1. The van der Waals surface area contributed by atoms with Gasteiger partial charge in [0.1, 0.15) is 5.75 Å². The molecule has 7 heteroatoms. The van der Waals surface area contributed by atoms with Crippen molar-refractivity contribution in [3.05, 3.63) is 60.2 Å². The Morgan fingerprint density at radius 2 is 1.70 bits per heavy atom. The standard InChI is InChI=1S/C16H17NO5S/c1-17(11-13-5-3-2-4-6-13)23(20,21)15-9-7-14(8-10-15)22-12-16(18)19/h2-10H,11-12H2,1H3,(H,18,19). The molecule has 0 heterocycles. The van der Waals surface area contributed by atoms with Gasteiger partial charge in [0.2, 0.25) is 10.0 Å². The number of sulfonamides is 1. The number of nitrogens with zero attached hydrogens (tertiary/aromatic N) is 1. The van der Waals surface area contributed by atoms with E-state index in [1.54, 1.807) is 0 Å². The first-order chi connectivity index (χ1) is 10.9. The molecule has 0 aromatic heterocycles. The summed E-state index contributed by atoms with van der Waals surface area (Å²) < 4.78 is 31.3. The molecule has 2 aromatic rings. The Hall–Kier alpha value is -2.38. The van der Waals surface area contributed by atoms with Crippen LogP contribution in [0.2, 0.25) is 0 Å². The highest BCUT2D eigenvalue weighted by Crippen LogP contribution is 2.20. The predicted octanol–water partition coefficient (Wildman–Crippen LogP) is 1.97. The van der Waals surface area contributed by atoms with Crippen LogP contribution in [0.15, 0.2) is 59.5 Å². The van der Waals surface area contributed by atoms with Gasteiger partial charge < -0.3 is 9.84 Å². The Labute approximate surface area is 135 Å². The number of aliphatic carboxylic acids is 1. The molecule has 1 N–H and O–H groups in total. The highest BCUT2D eigenvalue weighted by Gasteiger charge is 2.20. The molecule has 2 rings (SSSR count). The van der Waals surface area contributed by atoms with Gasteiger partial charge in [0.25, 0.3) is 0 Å². The Balaban J connectivity index is 2.10. The monoisotopic (exact) mass is 335 g/mol. The molecule has 23 heavy (non-hydrogen) atoms. The molecule has 0 aliphatic carbocycles. The summed E-state index contributed by atoms with van der Waals surface area (Å²) in [5.74, 6) is -0.790. The number of carboxylic acids is 1. The lowest BCUT2D eigenvalue weighted by molar-refractivity contribution is -0.139. The quantitative estimate of drug-likeness (QED) is 0.836. The second-order valence-electron chi connectivity index (χ2n) is 4.90. The topological polar surface area (TPSA) is 83.9 Å². The molecule has 0 unspecified atom stereocenters. The summed E-state index contributed by atoms with van der Waals surface area (Å²) in [6, 6.07) is 15.0. The van der Waals surface area contributed by atoms with Crippen LogP contribution in [0.1, 0.15) is 5.56 Å². The Kier molecular flexibility index (Phi) is 5.36. The molecule has 2 aromatic carbocycles. The molecule has 0 aliphatic rings. The lowest BCUT2D eigenvalue weighted by atomic mass is 10.2. The molecular formula is C16H17NO5S. The van der Waals surface area contributed by atoms with Gasteiger partial charge in [-0.15, -0.1) is 0 Å². The maximum absolute atomic E-state index is 12.5. The van der Waals surface area contributed by atoms with E-state index in [0.717, 1.165) is 5.56 Å². The van der Waals surface area contributed by atoms with E-state index in [1.807, 2.05) is 30.3 Å². The van der Waals surface area contributed by atoms with Crippen molar-refractivity contribution in [2.24, 2.45) is 0 Å². The van der Waals surface area contributed by atoms with Gasteiger partial charge in [0, 0.05) is 13.6 Å². The van der Waals surface area contributed by atoms with Crippen LogP contribution < -0.4 is 4.74 Å². The zero-order valence-corrected chi connectivity index (χ0v) is 13.4. The number of hydrogen-bond acceptors (Lipinski definition) is 4. The van der Waals surface area contributed by atoms with E-state index in [9.17, 15) is 13.2 Å². The third-order valence-corrected chi connectivity index (χ3v) is 4.96. The van der Waals surface area contributed by atoms with Crippen molar-refractivity contribution in [3.63, 3.8) is 0 Å². The van der Waals surface area contributed by atoms with Crippen LogP contribution in [0, 0.1) is 0 Å². The number of carbonyl (C=O) groups is 1. The predicted molar refractivity (Wildman–Crippen MR) is 84.7 cm³/mol. The molecular weight excluding hydrogens is 318 g/mol. The highest BCUT2D eigenvalue weighted by molar-refractivity contribution is 7.89. The second kappa shape index (κ2) is 7.26. The van der Waals surface area contributed by atoms with Crippen molar-refractivity contribution in [2.75, 3.05) is 13.7 Å². The van der Waals surface area contributed by atoms with Crippen molar-refractivity contribution in [2.45, 2.75) is 11.4 Å². The van der Waals surface area contributed by atoms with Crippen LogP contribution in [-0.4, -0.2) is 37.5 Å². The third kappa shape index (κ3) is 4.54. The van der Waals surface area contributed by atoms with Crippen molar-refractivity contribution in [1.29, 1.82) is 0 Å². The molecule has 0 saturated carbocycles. The van der Waals surface area contributed by atoms with E-state index in [4.69, 9.17) is 9.84 Å². The van der Waals surface area contributed by atoms with Crippen molar-refractivity contribution in [1.82, 2.24) is 4.31 Å². The normalized spacial score (nSPS) is 11.4. The molecule has 0 fully saturated rings. The number of rotatable bonds is 7. The maximum atomic E-state index is 12.5. The Morgan fingerprint density at radius 1 is 1.09 bits per heavy atom. The average Bonchev–Trinajstić information content (AvgIpc) is 2.54. The van der Waals surface area contributed by atoms with Gasteiger partial charge in [0.05, 0.1) is 4.90 Å². The van der Waals surface area contributed by atoms with E-state index in [2.05, 4.69) is 0 Å². The van der Waals surface area contributed by atoms with Gasteiger partial charge in [-0.1, -0.05) is 30.3 Å². The summed E-state index contributed by atoms with van der Waals surface area (Å²) in [5, 5.41) is 8.54. The van der Waals surface area contributed by atoms with Crippen molar-refractivity contribution in [3.8, 4) is 5.75 Å². The maximum Gasteiger partial charge on any atom is 0.341 e. The zero-order chi connectivity index (χ0) is 16.9. The molecule has 6 nitrogen and oxygen atoms in total. The third-order valence-electron chi connectivity index (χ3n) is 3.14. The minimum absolute atomic E-state index is 0.124. The average molecular weight is 335 g/mol. The first-order valence-corrected chi connectivity index (χ1v) is 8.28. The fourth-order valence-electron chi connectivity index (χ4n) is 1.96. The van der Waals surface area contributed by atoms with Crippen LogP contribution in [0.3, 0.4) is 0 Å². The Bertz CT molecular complexity index is 757. The second-order valence-corrected chi connectivity index (χ2v) is 6.95. The molecule has 122 valence electrons. The molecule has 0 spiro atoms. The smallest absolute Gasteiger partial charge is 0.341 e. The first kappa shape index (κ1) is 17.0. The van der Waals surface area contributed by atoms with Gasteiger partial charge in [-0.2, -0.15) is 4.31 Å². The van der Waals surface area contributed by atoms with E-state index < -0.39 is 22.6 Å². The minimum atomic E-state index is -3.62. The number of benzene rings is 2. The van der Waals surface area contributed by atoms with Crippen LogP contribution in [0.25, 0.3) is 0 Å². The lowest BCUT2D eigenvalue weighted by Gasteiger charge is -2.17. The minimum Gasteiger partial charge on any atom is -0.482 e. The lowest BCUT2D eigenvalue weighted by Crippen LogP contribution is -2.26.